The van der Waals surface area contributed by atoms with Gasteiger partial charge in [-0.15, -0.1) is 0 Å². The van der Waals surface area contributed by atoms with Crippen molar-refractivity contribution in [2.24, 2.45) is 5.92 Å². The quantitative estimate of drug-likeness (QED) is 0.831. The van der Waals surface area contributed by atoms with Crippen LogP contribution in [0.2, 0.25) is 0 Å². The standard InChI is InChI=1S/C16H25NO/c1-12(2)10-17-11-16(7-8-16)18-15-9-13(3)5-6-14(15)4/h5-6,9,12,17H,7-8,10-11H2,1-4H3. The van der Waals surface area contributed by atoms with Crippen LogP contribution >= 0.6 is 0 Å². The average molecular weight is 247 g/mol. The lowest BCUT2D eigenvalue weighted by atomic mass is 10.1. The number of ether oxygens (including phenoxy) is 1. The van der Waals surface area contributed by atoms with E-state index in [0.29, 0.717) is 5.92 Å². The second kappa shape index (κ2) is 5.31. The molecule has 1 aliphatic carbocycles. The molecule has 0 saturated heterocycles. The van der Waals surface area contributed by atoms with Gasteiger partial charge in [-0.05, 0) is 56.3 Å². The number of nitrogens with one attached hydrogen (secondary N) is 1. The van der Waals surface area contributed by atoms with E-state index in [1.807, 2.05) is 0 Å². The molecule has 0 amide bonds. The van der Waals surface area contributed by atoms with Gasteiger partial charge in [0.05, 0.1) is 0 Å². The third-order valence-corrected chi connectivity index (χ3v) is 3.48. The molecule has 0 unspecified atom stereocenters. The van der Waals surface area contributed by atoms with Crippen molar-refractivity contribution in [2.45, 2.75) is 46.1 Å². The van der Waals surface area contributed by atoms with E-state index in [0.717, 1.165) is 18.8 Å². The maximum atomic E-state index is 6.24. The Hall–Kier alpha value is -1.02. The highest BCUT2D eigenvalue weighted by molar-refractivity contribution is 5.37. The van der Waals surface area contributed by atoms with Gasteiger partial charge >= 0.3 is 0 Å². The molecule has 0 aliphatic heterocycles. The van der Waals surface area contributed by atoms with Crippen molar-refractivity contribution >= 4 is 0 Å². The smallest absolute Gasteiger partial charge is 0.123 e. The van der Waals surface area contributed by atoms with E-state index in [1.54, 1.807) is 0 Å². The van der Waals surface area contributed by atoms with E-state index < -0.39 is 0 Å². The number of hydrogen-bond donors (Lipinski definition) is 1. The zero-order chi connectivity index (χ0) is 13.2. The average Bonchev–Trinajstić information content (AvgIpc) is 3.03. The summed E-state index contributed by atoms with van der Waals surface area (Å²) >= 11 is 0. The first-order valence-electron chi connectivity index (χ1n) is 6.98. The molecule has 100 valence electrons. The Bertz CT molecular complexity index is 408. The van der Waals surface area contributed by atoms with Gasteiger partial charge in [0.15, 0.2) is 0 Å². The molecule has 0 radical (unpaired) electrons. The predicted octanol–water partition coefficient (Wildman–Crippen LogP) is 3.46. The molecule has 0 atom stereocenters. The van der Waals surface area contributed by atoms with E-state index >= 15 is 0 Å². The first-order valence-corrected chi connectivity index (χ1v) is 6.98. The van der Waals surface area contributed by atoms with Crippen molar-refractivity contribution in [3.8, 4) is 5.75 Å². The molecule has 2 rings (SSSR count). The normalized spacial score (nSPS) is 16.9. The van der Waals surface area contributed by atoms with Crippen LogP contribution in [0.5, 0.6) is 5.75 Å². The van der Waals surface area contributed by atoms with Gasteiger partial charge in [-0.3, -0.25) is 0 Å². The van der Waals surface area contributed by atoms with E-state index in [1.165, 1.54) is 24.0 Å². The van der Waals surface area contributed by atoms with Gasteiger partial charge < -0.3 is 10.1 Å². The van der Waals surface area contributed by atoms with Crippen LogP contribution in [0.3, 0.4) is 0 Å². The summed E-state index contributed by atoms with van der Waals surface area (Å²) in [6, 6.07) is 6.43. The van der Waals surface area contributed by atoms with Crippen molar-refractivity contribution in [3.63, 3.8) is 0 Å². The highest BCUT2D eigenvalue weighted by Gasteiger charge is 2.45. The summed E-state index contributed by atoms with van der Waals surface area (Å²) in [6.07, 6.45) is 2.34. The zero-order valence-electron chi connectivity index (χ0n) is 12.0. The molecule has 1 aliphatic rings. The lowest BCUT2D eigenvalue weighted by molar-refractivity contribution is 0.173. The molecular weight excluding hydrogens is 222 g/mol. The van der Waals surface area contributed by atoms with Gasteiger partial charge in [0.2, 0.25) is 0 Å². The molecule has 1 fully saturated rings. The Kier molecular flexibility index (Phi) is 3.96. The van der Waals surface area contributed by atoms with Crippen molar-refractivity contribution in [3.05, 3.63) is 29.3 Å². The summed E-state index contributed by atoms with van der Waals surface area (Å²) < 4.78 is 6.24. The Morgan fingerprint density at radius 1 is 1.28 bits per heavy atom. The van der Waals surface area contributed by atoms with Gasteiger partial charge in [0.25, 0.3) is 0 Å². The van der Waals surface area contributed by atoms with Gasteiger partial charge in [0.1, 0.15) is 11.4 Å². The summed E-state index contributed by atoms with van der Waals surface area (Å²) in [5.41, 5.74) is 2.56. The van der Waals surface area contributed by atoms with Crippen LogP contribution in [-0.4, -0.2) is 18.7 Å². The van der Waals surface area contributed by atoms with Crippen LogP contribution in [-0.2, 0) is 0 Å². The molecule has 18 heavy (non-hydrogen) atoms. The molecular formula is C16H25NO. The maximum Gasteiger partial charge on any atom is 0.123 e. The highest BCUT2D eigenvalue weighted by Crippen LogP contribution is 2.40. The number of rotatable bonds is 6. The number of benzene rings is 1. The molecule has 0 spiro atoms. The molecule has 1 aromatic carbocycles. The fourth-order valence-electron chi connectivity index (χ4n) is 2.09. The van der Waals surface area contributed by atoms with Gasteiger partial charge in [-0.1, -0.05) is 26.0 Å². The molecule has 0 heterocycles. The van der Waals surface area contributed by atoms with Crippen LogP contribution in [0.15, 0.2) is 18.2 Å². The molecule has 2 heteroatoms. The molecule has 1 aromatic rings. The highest BCUT2D eigenvalue weighted by atomic mass is 16.5. The SMILES string of the molecule is Cc1ccc(C)c(OC2(CNCC(C)C)CC2)c1. The van der Waals surface area contributed by atoms with E-state index in [-0.39, 0.29) is 5.60 Å². The molecule has 1 N–H and O–H groups in total. The Morgan fingerprint density at radius 3 is 2.61 bits per heavy atom. The van der Waals surface area contributed by atoms with Crippen molar-refractivity contribution in [1.82, 2.24) is 5.32 Å². The molecule has 2 nitrogen and oxygen atoms in total. The molecule has 0 aromatic heterocycles. The van der Waals surface area contributed by atoms with Crippen LogP contribution in [0.1, 0.15) is 37.8 Å². The maximum absolute atomic E-state index is 6.24. The minimum atomic E-state index is 0.0629. The zero-order valence-corrected chi connectivity index (χ0v) is 12.0. The number of hydrogen-bond acceptors (Lipinski definition) is 2. The van der Waals surface area contributed by atoms with E-state index in [4.69, 9.17) is 4.74 Å². The first kappa shape index (κ1) is 13.4. The summed E-state index contributed by atoms with van der Waals surface area (Å²) in [4.78, 5) is 0. The summed E-state index contributed by atoms with van der Waals surface area (Å²) in [6.45, 7) is 10.7. The van der Waals surface area contributed by atoms with Gasteiger partial charge in [-0.2, -0.15) is 0 Å². The van der Waals surface area contributed by atoms with Crippen LogP contribution in [0.4, 0.5) is 0 Å². The lowest BCUT2D eigenvalue weighted by Gasteiger charge is -2.21. The lowest BCUT2D eigenvalue weighted by Crippen LogP contribution is -2.35. The van der Waals surface area contributed by atoms with E-state index in [9.17, 15) is 0 Å². The minimum absolute atomic E-state index is 0.0629. The summed E-state index contributed by atoms with van der Waals surface area (Å²) in [5, 5.41) is 3.52. The topological polar surface area (TPSA) is 21.3 Å². The fraction of sp³-hybridized carbons (Fsp3) is 0.625. The molecule has 1 saturated carbocycles. The van der Waals surface area contributed by atoms with Gasteiger partial charge in [0, 0.05) is 6.54 Å². The second-order valence-corrected chi connectivity index (χ2v) is 6.08. The number of aryl methyl sites for hydroxylation is 2. The van der Waals surface area contributed by atoms with Crippen LogP contribution < -0.4 is 10.1 Å². The predicted molar refractivity (Wildman–Crippen MR) is 76.2 cm³/mol. The summed E-state index contributed by atoms with van der Waals surface area (Å²) in [5.74, 6) is 1.75. The third-order valence-electron chi connectivity index (χ3n) is 3.48. The molecule has 0 bridgehead atoms. The largest absolute Gasteiger partial charge is 0.486 e. The minimum Gasteiger partial charge on any atom is -0.486 e. The first-order chi connectivity index (χ1) is 8.51. The van der Waals surface area contributed by atoms with Crippen LogP contribution in [0, 0.1) is 19.8 Å². The van der Waals surface area contributed by atoms with Gasteiger partial charge in [-0.25, -0.2) is 0 Å². The van der Waals surface area contributed by atoms with Crippen LogP contribution in [0.25, 0.3) is 0 Å². The van der Waals surface area contributed by atoms with Crippen molar-refractivity contribution in [1.29, 1.82) is 0 Å². The van der Waals surface area contributed by atoms with E-state index in [2.05, 4.69) is 51.2 Å². The Morgan fingerprint density at radius 2 is 2.00 bits per heavy atom. The fourth-order valence-corrected chi connectivity index (χ4v) is 2.09. The Labute approximate surface area is 111 Å². The second-order valence-electron chi connectivity index (χ2n) is 6.08. The Balaban J connectivity index is 1.94. The monoisotopic (exact) mass is 247 g/mol. The van der Waals surface area contributed by atoms with Crippen molar-refractivity contribution in [2.75, 3.05) is 13.1 Å². The summed E-state index contributed by atoms with van der Waals surface area (Å²) in [7, 11) is 0. The van der Waals surface area contributed by atoms with Crippen molar-refractivity contribution < 1.29 is 4.74 Å². The third kappa shape index (κ3) is 3.49.